The number of rotatable bonds is 7. The third-order valence-corrected chi connectivity index (χ3v) is 3.52. The number of carbonyl (C=O) groups excluding carboxylic acids is 2. The number of aromatic amines is 1. The lowest BCUT2D eigenvalue weighted by molar-refractivity contribution is -0.144. The molecule has 0 amide bonds. The molecule has 2 aromatic rings. The van der Waals surface area contributed by atoms with Crippen LogP contribution in [0.4, 0.5) is 5.69 Å². The smallest absolute Gasteiger partial charge is 0.329 e. The lowest BCUT2D eigenvalue weighted by Gasteiger charge is -2.17. The summed E-state index contributed by atoms with van der Waals surface area (Å²) in [7, 11) is 0. The van der Waals surface area contributed by atoms with Crippen molar-refractivity contribution in [3.8, 4) is 0 Å². The van der Waals surface area contributed by atoms with Gasteiger partial charge in [-0.15, -0.1) is 0 Å². The zero-order valence-corrected chi connectivity index (χ0v) is 13.8. The topological polar surface area (TPSA) is 88.3 Å². The number of ketones is 1. The number of aromatic nitrogens is 1. The lowest BCUT2D eigenvalue weighted by Crippen LogP contribution is -2.34. The number of halogens is 1. The molecule has 0 spiro atoms. The fraction of sp³-hybridized carbons (Fsp3) is 0.235. The fourth-order valence-corrected chi connectivity index (χ4v) is 2.25. The van der Waals surface area contributed by atoms with E-state index in [0.29, 0.717) is 10.7 Å². The second kappa shape index (κ2) is 8.31. The van der Waals surface area contributed by atoms with E-state index in [1.54, 1.807) is 37.3 Å². The summed E-state index contributed by atoms with van der Waals surface area (Å²) in [4.78, 5) is 38.6. The SMILES string of the molecule is CCOC(=O)C(CC(=O)c1ccc[nH]c1=O)Nc1ccc(Cl)cc1. The van der Waals surface area contributed by atoms with Gasteiger partial charge in [-0.05, 0) is 43.3 Å². The molecule has 2 N–H and O–H groups in total. The van der Waals surface area contributed by atoms with E-state index in [1.165, 1.54) is 12.3 Å². The van der Waals surface area contributed by atoms with Crippen LogP contribution in [-0.4, -0.2) is 29.4 Å². The Morgan fingerprint density at radius 1 is 1.25 bits per heavy atom. The molecule has 0 bridgehead atoms. The Bertz CT molecular complexity index is 771. The quantitative estimate of drug-likeness (QED) is 0.593. The monoisotopic (exact) mass is 348 g/mol. The first-order valence-electron chi connectivity index (χ1n) is 7.41. The minimum absolute atomic E-state index is 0.00436. The second-order valence-corrected chi connectivity index (χ2v) is 5.43. The molecule has 6 nitrogen and oxygen atoms in total. The van der Waals surface area contributed by atoms with Crippen molar-refractivity contribution in [3.63, 3.8) is 0 Å². The molecule has 1 aromatic heterocycles. The molecule has 1 atom stereocenters. The molecule has 1 heterocycles. The first-order valence-corrected chi connectivity index (χ1v) is 7.78. The van der Waals surface area contributed by atoms with Gasteiger partial charge in [0, 0.05) is 23.3 Å². The number of anilines is 1. The first-order chi connectivity index (χ1) is 11.5. The van der Waals surface area contributed by atoms with E-state index in [1.807, 2.05) is 0 Å². The van der Waals surface area contributed by atoms with E-state index in [9.17, 15) is 14.4 Å². The van der Waals surface area contributed by atoms with Gasteiger partial charge >= 0.3 is 5.97 Å². The van der Waals surface area contributed by atoms with Crippen molar-refractivity contribution in [1.82, 2.24) is 4.98 Å². The number of carbonyl (C=O) groups is 2. The third kappa shape index (κ3) is 4.70. The molecule has 0 aliphatic rings. The van der Waals surface area contributed by atoms with Crippen LogP contribution >= 0.6 is 11.6 Å². The molecule has 7 heteroatoms. The second-order valence-electron chi connectivity index (χ2n) is 5.00. The van der Waals surface area contributed by atoms with Crippen molar-refractivity contribution < 1.29 is 14.3 Å². The molecular weight excluding hydrogens is 332 g/mol. The number of hydrogen-bond acceptors (Lipinski definition) is 5. The Balaban J connectivity index is 2.18. The molecule has 0 aliphatic heterocycles. The van der Waals surface area contributed by atoms with Crippen LogP contribution in [0.2, 0.25) is 5.02 Å². The van der Waals surface area contributed by atoms with Crippen LogP contribution in [0.1, 0.15) is 23.7 Å². The Morgan fingerprint density at radius 3 is 2.58 bits per heavy atom. The van der Waals surface area contributed by atoms with Crippen LogP contribution in [-0.2, 0) is 9.53 Å². The van der Waals surface area contributed by atoms with Gasteiger partial charge in [0.2, 0.25) is 0 Å². The van der Waals surface area contributed by atoms with Crippen molar-refractivity contribution in [3.05, 3.63) is 63.5 Å². The van der Waals surface area contributed by atoms with Gasteiger partial charge in [-0.1, -0.05) is 11.6 Å². The summed E-state index contributed by atoms with van der Waals surface area (Å²) < 4.78 is 5.00. The molecule has 0 radical (unpaired) electrons. The van der Waals surface area contributed by atoms with Crippen LogP contribution < -0.4 is 10.9 Å². The minimum Gasteiger partial charge on any atom is -0.464 e. The largest absolute Gasteiger partial charge is 0.464 e. The summed E-state index contributed by atoms with van der Waals surface area (Å²) >= 11 is 5.83. The lowest BCUT2D eigenvalue weighted by atomic mass is 10.0. The summed E-state index contributed by atoms with van der Waals surface area (Å²) in [5.74, 6) is -1.01. The van der Waals surface area contributed by atoms with Crippen molar-refractivity contribution in [2.75, 3.05) is 11.9 Å². The van der Waals surface area contributed by atoms with Gasteiger partial charge in [0.15, 0.2) is 5.78 Å². The van der Waals surface area contributed by atoms with Gasteiger partial charge in [-0.3, -0.25) is 9.59 Å². The minimum atomic E-state index is -0.904. The highest BCUT2D eigenvalue weighted by Crippen LogP contribution is 2.16. The molecule has 0 saturated carbocycles. The number of ether oxygens (including phenoxy) is 1. The standard InChI is InChI=1S/C17H17ClN2O4/c1-2-24-17(23)14(20-12-7-5-11(18)6-8-12)10-15(21)13-4-3-9-19-16(13)22/h3-9,14,20H,2,10H2,1H3,(H,19,22). The maximum absolute atomic E-state index is 12.3. The molecule has 1 unspecified atom stereocenters. The highest BCUT2D eigenvalue weighted by molar-refractivity contribution is 6.30. The van der Waals surface area contributed by atoms with Crippen LogP contribution in [0.3, 0.4) is 0 Å². The summed E-state index contributed by atoms with van der Waals surface area (Å²) in [6, 6.07) is 8.78. The van der Waals surface area contributed by atoms with Gasteiger partial charge in [0.05, 0.1) is 12.2 Å². The summed E-state index contributed by atoms with van der Waals surface area (Å²) in [5, 5.41) is 3.50. The zero-order chi connectivity index (χ0) is 17.5. The van der Waals surface area contributed by atoms with Crippen LogP contribution in [0.25, 0.3) is 0 Å². The van der Waals surface area contributed by atoms with Gasteiger partial charge in [0.1, 0.15) is 6.04 Å². The molecular formula is C17H17ClN2O4. The number of esters is 1. The van der Waals surface area contributed by atoms with Crippen molar-refractivity contribution in [2.24, 2.45) is 0 Å². The van der Waals surface area contributed by atoms with E-state index in [0.717, 1.165) is 0 Å². The van der Waals surface area contributed by atoms with Crippen molar-refractivity contribution in [1.29, 1.82) is 0 Å². The predicted molar refractivity (Wildman–Crippen MR) is 91.5 cm³/mol. The number of nitrogens with one attached hydrogen (secondary N) is 2. The Morgan fingerprint density at radius 2 is 1.96 bits per heavy atom. The highest BCUT2D eigenvalue weighted by Gasteiger charge is 2.24. The maximum atomic E-state index is 12.3. The van der Waals surface area contributed by atoms with Crippen molar-refractivity contribution in [2.45, 2.75) is 19.4 Å². The molecule has 1 aromatic carbocycles. The predicted octanol–water partition coefficient (Wildman–Crippen LogP) is 2.64. The van der Waals surface area contributed by atoms with Gasteiger partial charge < -0.3 is 15.0 Å². The van der Waals surface area contributed by atoms with Gasteiger partial charge in [-0.25, -0.2) is 4.79 Å². The number of benzene rings is 1. The van der Waals surface area contributed by atoms with Crippen molar-refractivity contribution >= 4 is 29.0 Å². The first kappa shape index (κ1) is 17.7. The van der Waals surface area contributed by atoms with Crippen LogP contribution in [0, 0.1) is 0 Å². The molecule has 0 aliphatic carbocycles. The number of hydrogen-bond donors (Lipinski definition) is 2. The van der Waals surface area contributed by atoms with Crippen LogP contribution in [0.5, 0.6) is 0 Å². The summed E-state index contributed by atoms with van der Waals surface area (Å²) in [6.45, 7) is 1.87. The Hall–Kier alpha value is -2.60. The number of Topliss-reactive ketones (excluding diaryl/α,β-unsaturated/α-hetero) is 1. The molecule has 24 heavy (non-hydrogen) atoms. The normalized spacial score (nSPS) is 11.6. The summed E-state index contributed by atoms with van der Waals surface area (Å²) in [5.41, 5.74) is 0.133. The fourth-order valence-electron chi connectivity index (χ4n) is 2.12. The average molecular weight is 349 g/mol. The third-order valence-electron chi connectivity index (χ3n) is 3.26. The zero-order valence-electron chi connectivity index (χ0n) is 13.0. The van der Waals surface area contributed by atoms with E-state index in [-0.39, 0.29) is 18.6 Å². The maximum Gasteiger partial charge on any atom is 0.329 e. The Labute approximate surface area is 143 Å². The molecule has 126 valence electrons. The molecule has 0 fully saturated rings. The Kier molecular flexibility index (Phi) is 6.14. The van der Waals surface area contributed by atoms with Gasteiger partial charge in [-0.2, -0.15) is 0 Å². The number of pyridine rings is 1. The van der Waals surface area contributed by atoms with Gasteiger partial charge in [0.25, 0.3) is 5.56 Å². The summed E-state index contributed by atoms with van der Waals surface area (Å²) in [6.07, 6.45) is 1.24. The number of H-pyrrole nitrogens is 1. The van der Waals surface area contributed by atoms with E-state index < -0.39 is 23.4 Å². The molecule has 2 rings (SSSR count). The van der Waals surface area contributed by atoms with E-state index >= 15 is 0 Å². The average Bonchev–Trinajstić information content (AvgIpc) is 2.56. The van der Waals surface area contributed by atoms with E-state index in [4.69, 9.17) is 16.3 Å². The molecule has 0 saturated heterocycles. The highest BCUT2D eigenvalue weighted by atomic mass is 35.5. The van der Waals surface area contributed by atoms with Crippen LogP contribution in [0.15, 0.2) is 47.4 Å². The van der Waals surface area contributed by atoms with E-state index in [2.05, 4.69) is 10.3 Å².